The van der Waals surface area contributed by atoms with Gasteiger partial charge in [0.05, 0.1) is 0 Å². The maximum absolute atomic E-state index is 13.2. The van der Waals surface area contributed by atoms with Crippen molar-refractivity contribution < 1.29 is 18.7 Å². The van der Waals surface area contributed by atoms with Crippen LogP contribution in [-0.4, -0.2) is 29.1 Å². The number of nitrogens with zero attached hydrogens (tertiary/aromatic N) is 1. The van der Waals surface area contributed by atoms with Gasteiger partial charge in [0.1, 0.15) is 6.04 Å². The second-order valence-corrected chi connectivity index (χ2v) is 3.95. The molecule has 0 spiro atoms. The number of carboxylic acid groups (broad SMARTS) is 1. The second-order valence-electron chi connectivity index (χ2n) is 3.95. The predicted molar refractivity (Wildman–Crippen MR) is 68.7 cm³/mol. The molecule has 102 valence electrons. The Balaban J connectivity index is 3.16. The standard InChI is InChI=1S/C14H15F2NO2/c1-3-7-17(8-4-2)13(14(18)19)10-5-6-11(15)12(16)9-10/h3-6,9,13H,1-2,7-8H2,(H,18,19). The summed E-state index contributed by atoms with van der Waals surface area (Å²) in [5.41, 5.74) is 0.176. The molecule has 0 amide bonds. The number of benzene rings is 1. The van der Waals surface area contributed by atoms with Crippen LogP contribution >= 0.6 is 0 Å². The summed E-state index contributed by atoms with van der Waals surface area (Å²) in [6.45, 7) is 7.68. The molecular formula is C14H15F2NO2. The average molecular weight is 267 g/mol. The molecule has 1 unspecified atom stereocenters. The van der Waals surface area contributed by atoms with Gasteiger partial charge in [-0.25, -0.2) is 8.78 Å². The first-order valence-corrected chi connectivity index (χ1v) is 5.64. The van der Waals surface area contributed by atoms with E-state index in [-0.39, 0.29) is 5.56 Å². The normalized spacial score (nSPS) is 12.2. The molecule has 0 radical (unpaired) electrons. The zero-order chi connectivity index (χ0) is 14.4. The Morgan fingerprint density at radius 2 is 1.84 bits per heavy atom. The van der Waals surface area contributed by atoms with Crippen molar-refractivity contribution in [2.24, 2.45) is 0 Å². The van der Waals surface area contributed by atoms with Crippen LogP contribution < -0.4 is 0 Å². The molecule has 1 atom stereocenters. The largest absolute Gasteiger partial charge is 0.480 e. The van der Waals surface area contributed by atoms with Gasteiger partial charge in [0.25, 0.3) is 0 Å². The van der Waals surface area contributed by atoms with E-state index in [2.05, 4.69) is 13.2 Å². The molecule has 0 aliphatic rings. The molecule has 0 bridgehead atoms. The summed E-state index contributed by atoms with van der Waals surface area (Å²) in [7, 11) is 0. The minimum absolute atomic E-state index is 0.176. The first-order chi connectivity index (χ1) is 9.01. The number of carboxylic acids is 1. The van der Waals surface area contributed by atoms with Crippen LogP contribution in [0.3, 0.4) is 0 Å². The van der Waals surface area contributed by atoms with Gasteiger partial charge in [0.2, 0.25) is 0 Å². The van der Waals surface area contributed by atoms with Crippen LogP contribution in [0.1, 0.15) is 11.6 Å². The molecule has 0 aliphatic heterocycles. The minimum atomic E-state index is -1.14. The van der Waals surface area contributed by atoms with Gasteiger partial charge in [-0.2, -0.15) is 0 Å². The third kappa shape index (κ3) is 3.72. The second kappa shape index (κ2) is 6.80. The molecule has 1 rings (SSSR count). The van der Waals surface area contributed by atoms with Gasteiger partial charge in [-0.3, -0.25) is 9.69 Å². The van der Waals surface area contributed by atoms with Crippen molar-refractivity contribution in [2.45, 2.75) is 6.04 Å². The lowest BCUT2D eigenvalue weighted by atomic mass is 10.0. The van der Waals surface area contributed by atoms with Crippen molar-refractivity contribution >= 4 is 5.97 Å². The molecule has 0 aromatic heterocycles. The van der Waals surface area contributed by atoms with E-state index in [9.17, 15) is 18.7 Å². The van der Waals surface area contributed by atoms with Crippen LogP contribution in [0.4, 0.5) is 8.78 Å². The molecule has 0 saturated heterocycles. The summed E-state index contributed by atoms with van der Waals surface area (Å²) < 4.78 is 26.1. The van der Waals surface area contributed by atoms with E-state index in [0.29, 0.717) is 13.1 Å². The van der Waals surface area contributed by atoms with E-state index in [4.69, 9.17) is 0 Å². The molecule has 5 heteroatoms. The average Bonchev–Trinajstić information content (AvgIpc) is 2.34. The number of carbonyl (C=O) groups is 1. The Hall–Kier alpha value is -2.01. The molecule has 3 nitrogen and oxygen atoms in total. The molecule has 0 aliphatic carbocycles. The van der Waals surface area contributed by atoms with Crippen molar-refractivity contribution in [3.63, 3.8) is 0 Å². The Bertz CT molecular complexity index is 478. The van der Waals surface area contributed by atoms with Crippen molar-refractivity contribution in [1.82, 2.24) is 4.90 Å². The number of hydrogen-bond acceptors (Lipinski definition) is 2. The highest BCUT2D eigenvalue weighted by molar-refractivity contribution is 5.75. The smallest absolute Gasteiger partial charge is 0.325 e. The number of aliphatic carboxylic acids is 1. The summed E-state index contributed by atoms with van der Waals surface area (Å²) >= 11 is 0. The Morgan fingerprint density at radius 3 is 2.26 bits per heavy atom. The number of rotatable bonds is 7. The lowest BCUT2D eigenvalue weighted by molar-refractivity contribution is -0.143. The fraction of sp³-hybridized carbons (Fsp3) is 0.214. The van der Waals surface area contributed by atoms with Gasteiger partial charge in [-0.15, -0.1) is 13.2 Å². The Labute approximate surface area is 110 Å². The van der Waals surface area contributed by atoms with E-state index >= 15 is 0 Å². The van der Waals surface area contributed by atoms with Crippen LogP contribution in [-0.2, 0) is 4.79 Å². The van der Waals surface area contributed by atoms with Crippen LogP contribution in [0.2, 0.25) is 0 Å². The topological polar surface area (TPSA) is 40.5 Å². The van der Waals surface area contributed by atoms with E-state index in [1.165, 1.54) is 11.0 Å². The van der Waals surface area contributed by atoms with Crippen LogP contribution in [0.25, 0.3) is 0 Å². The molecule has 0 saturated carbocycles. The Morgan fingerprint density at radius 1 is 1.26 bits per heavy atom. The fourth-order valence-electron chi connectivity index (χ4n) is 1.81. The van der Waals surface area contributed by atoms with Crippen LogP contribution in [0.15, 0.2) is 43.5 Å². The Kier molecular flexibility index (Phi) is 5.38. The highest BCUT2D eigenvalue weighted by atomic mass is 19.2. The van der Waals surface area contributed by atoms with Crippen molar-refractivity contribution in [2.75, 3.05) is 13.1 Å². The zero-order valence-corrected chi connectivity index (χ0v) is 10.4. The molecule has 0 heterocycles. The number of hydrogen-bond donors (Lipinski definition) is 1. The van der Waals surface area contributed by atoms with Gasteiger partial charge in [-0.05, 0) is 17.7 Å². The van der Waals surface area contributed by atoms with E-state index in [1.54, 1.807) is 12.2 Å². The molecule has 19 heavy (non-hydrogen) atoms. The summed E-state index contributed by atoms with van der Waals surface area (Å²) in [4.78, 5) is 12.9. The first-order valence-electron chi connectivity index (χ1n) is 5.64. The number of halogens is 2. The highest BCUT2D eigenvalue weighted by Gasteiger charge is 2.26. The SMILES string of the molecule is C=CCN(CC=C)C(C(=O)O)c1ccc(F)c(F)c1. The third-order valence-electron chi connectivity index (χ3n) is 2.59. The minimum Gasteiger partial charge on any atom is -0.480 e. The molecule has 1 aromatic rings. The van der Waals surface area contributed by atoms with Crippen molar-refractivity contribution in [3.05, 3.63) is 60.7 Å². The fourth-order valence-corrected chi connectivity index (χ4v) is 1.81. The maximum atomic E-state index is 13.2. The van der Waals surface area contributed by atoms with Crippen LogP contribution in [0.5, 0.6) is 0 Å². The molecule has 1 aromatic carbocycles. The van der Waals surface area contributed by atoms with Gasteiger partial charge in [0, 0.05) is 13.1 Å². The van der Waals surface area contributed by atoms with E-state index in [0.717, 1.165) is 12.1 Å². The summed E-state index contributed by atoms with van der Waals surface area (Å²) in [6.07, 6.45) is 3.08. The van der Waals surface area contributed by atoms with E-state index < -0.39 is 23.6 Å². The summed E-state index contributed by atoms with van der Waals surface area (Å²) in [5.74, 6) is -3.22. The first kappa shape index (κ1) is 15.0. The lowest BCUT2D eigenvalue weighted by Gasteiger charge is -2.26. The van der Waals surface area contributed by atoms with Gasteiger partial charge >= 0.3 is 5.97 Å². The van der Waals surface area contributed by atoms with Crippen molar-refractivity contribution in [3.8, 4) is 0 Å². The monoisotopic (exact) mass is 267 g/mol. The maximum Gasteiger partial charge on any atom is 0.325 e. The van der Waals surface area contributed by atoms with E-state index in [1.807, 2.05) is 0 Å². The van der Waals surface area contributed by atoms with Crippen LogP contribution in [0, 0.1) is 11.6 Å². The van der Waals surface area contributed by atoms with Gasteiger partial charge in [0.15, 0.2) is 11.6 Å². The van der Waals surface area contributed by atoms with Gasteiger partial charge in [-0.1, -0.05) is 18.2 Å². The summed E-state index contributed by atoms with van der Waals surface area (Å²) in [6, 6.07) is 2.00. The molecular weight excluding hydrogens is 252 g/mol. The summed E-state index contributed by atoms with van der Waals surface area (Å²) in [5, 5.41) is 9.28. The quantitative estimate of drug-likeness (QED) is 0.772. The third-order valence-corrected chi connectivity index (χ3v) is 2.59. The molecule has 0 fully saturated rings. The highest BCUT2D eigenvalue weighted by Crippen LogP contribution is 2.23. The molecule has 1 N–H and O–H groups in total. The zero-order valence-electron chi connectivity index (χ0n) is 10.4. The predicted octanol–water partition coefficient (Wildman–Crippen LogP) is 2.76. The van der Waals surface area contributed by atoms with Gasteiger partial charge < -0.3 is 5.11 Å². The van der Waals surface area contributed by atoms with Crippen molar-refractivity contribution in [1.29, 1.82) is 0 Å². The lowest BCUT2D eigenvalue weighted by Crippen LogP contribution is -2.34.